The minimum atomic E-state index is -1.14. The Morgan fingerprint density at radius 1 is 1.41 bits per heavy atom. The van der Waals surface area contributed by atoms with Gasteiger partial charge in [-0.25, -0.2) is 9.59 Å². The zero-order valence-corrected chi connectivity index (χ0v) is 9.21. The van der Waals surface area contributed by atoms with E-state index in [-0.39, 0.29) is 17.0 Å². The van der Waals surface area contributed by atoms with Gasteiger partial charge in [-0.3, -0.25) is 0 Å². The molecule has 0 radical (unpaired) electrons. The van der Waals surface area contributed by atoms with Crippen molar-refractivity contribution >= 4 is 17.6 Å². The van der Waals surface area contributed by atoms with Crippen LogP contribution in [-0.2, 0) is 4.79 Å². The van der Waals surface area contributed by atoms with Crippen LogP contribution in [0, 0.1) is 0 Å². The lowest BCUT2D eigenvalue weighted by Gasteiger charge is -2.13. The molecule has 6 nitrogen and oxygen atoms in total. The molecule has 0 aliphatic heterocycles. The summed E-state index contributed by atoms with van der Waals surface area (Å²) in [6, 6.07) is 3.96. The van der Waals surface area contributed by atoms with Crippen molar-refractivity contribution in [2.45, 2.75) is 19.4 Å². The van der Waals surface area contributed by atoms with Gasteiger partial charge in [-0.2, -0.15) is 0 Å². The lowest BCUT2D eigenvalue weighted by atomic mass is 10.1. The average Bonchev–Trinajstić information content (AvgIpc) is 2.24. The molecule has 0 amide bonds. The smallest absolute Gasteiger partial charge is 0.344 e. The van der Waals surface area contributed by atoms with E-state index in [9.17, 15) is 9.59 Å². The van der Waals surface area contributed by atoms with Gasteiger partial charge >= 0.3 is 11.9 Å². The highest BCUT2D eigenvalue weighted by Gasteiger charge is 2.17. The van der Waals surface area contributed by atoms with Crippen LogP contribution in [0.2, 0.25) is 0 Å². The number of anilines is 1. The first-order valence-electron chi connectivity index (χ1n) is 4.98. The van der Waals surface area contributed by atoms with Gasteiger partial charge in [-0.15, -0.1) is 0 Å². The number of carboxylic acid groups (broad SMARTS) is 2. The first kappa shape index (κ1) is 12.8. The predicted octanol–water partition coefficient (Wildman–Crippen LogP) is 1.21. The molecule has 17 heavy (non-hydrogen) atoms. The molecule has 0 aliphatic carbocycles. The van der Waals surface area contributed by atoms with Gasteiger partial charge in [0.25, 0.3) is 0 Å². The molecule has 1 atom stereocenters. The number of aliphatic carboxylic acids is 1. The molecule has 0 bridgehead atoms. The number of rotatable bonds is 5. The van der Waals surface area contributed by atoms with E-state index < -0.39 is 18.0 Å². The summed E-state index contributed by atoms with van der Waals surface area (Å²) in [7, 11) is 0. The molecule has 1 aromatic carbocycles. The van der Waals surface area contributed by atoms with E-state index in [0.29, 0.717) is 6.42 Å². The Hall–Kier alpha value is -2.24. The highest BCUT2D eigenvalue weighted by Crippen LogP contribution is 2.21. The van der Waals surface area contributed by atoms with Crippen molar-refractivity contribution in [3.8, 4) is 5.75 Å². The van der Waals surface area contributed by atoms with Gasteiger partial charge in [0.15, 0.2) is 6.10 Å². The van der Waals surface area contributed by atoms with E-state index in [1.807, 2.05) is 0 Å². The molecule has 0 saturated carbocycles. The second kappa shape index (κ2) is 5.20. The van der Waals surface area contributed by atoms with E-state index in [1.165, 1.54) is 18.2 Å². The first-order valence-corrected chi connectivity index (χ1v) is 4.98. The number of ether oxygens (including phenoxy) is 1. The Morgan fingerprint density at radius 3 is 2.47 bits per heavy atom. The first-order chi connectivity index (χ1) is 7.95. The van der Waals surface area contributed by atoms with Crippen LogP contribution in [0.5, 0.6) is 5.75 Å². The summed E-state index contributed by atoms with van der Waals surface area (Å²) in [5.41, 5.74) is 5.50. The van der Waals surface area contributed by atoms with Crippen molar-refractivity contribution < 1.29 is 24.5 Å². The molecule has 1 unspecified atom stereocenters. The fourth-order valence-electron chi connectivity index (χ4n) is 1.28. The lowest BCUT2D eigenvalue weighted by Crippen LogP contribution is -2.26. The Balaban J connectivity index is 2.90. The third kappa shape index (κ3) is 3.10. The molecule has 92 valence electrons. The third-order valence-corrected chi connectivity index (χ3v) is 2.18. The van der Waals surface area contributed by atoms with E-state index in [0.717, 1.165) is 0 Å². The van der Waals surface area contributed by atoms with E-state index >= 15 is 0 Å². The maximum atomic E-state index is 10.7. The van der Waals surface area contributed by atoms with Gasteiger partial charge in [0.05, 0.1) is 5.56 Å². The van der Waals surface area contributed by atoms with Gasteiger partial charge in [0.1, 0.15) is 5.75 Å². The SMILES string of the molecule is CCC(Oc1ccc(C(=O)O)c(N)c1)C(=O)O. The molecule has 0 saturated heterocycles. The second-order valence-electron chi connectivity index (χ2n) is 3.41. The summed E-state index contributed by atoms with van der Waals surface area (Å²) in [5, 5.41) is 17.6. The number of carbonyl (C=O) groups is 2. The fourth-order valence-corrected chi connectivity index (χ4v) is 1.28. The molecule has 6 heteroatoms. The summed E-state index contributed by atoms with van der Waals surface area (Å²) in [4.78, 5) is 21.4. The minimum absolute atomic E-state index is 0.0373. The number of nitrogens with two attached hydrogens (primary N) is 1. The zero-order chi connectivity index (χ0) is 13.0. The van der Waals surface area contributed by atoms with Crippen molar-refractivity contribution in [2.24, 2.45) is 0 Å². The van der Waals surface area contributed by atoms with Gasteiger partial charge in [0, 0.05) is 11.8 Å². The maximum absolute atomic E-state index is 10.7. The summed E-state index contributed by atoms with van der Waals surface area (Å²) in [6.45, 7) is 1.67. The molecule has 0 aliphatic rings. The summed E-state index contributed by atoms with van der Waals surface area (Å²) in [5.74, 6) is -1.98. The Kier molecular flexibility index (Phi) is 3.92. The summed E-state index contributed by atoms with van der Waals surface area (Å²) in [6.07, 6.45) is -0.666. The highest BCUT2D eigenvalue weighted by atomic mass is 16.5. The summed E-state index contributed by atoms with van der Waals surface area (Å²) >= 11 is 0. The molecule has 4 N–H and O–H groups in total. The number of hydrogen-bond donors (Lipinski definition) is 3. The molecule has 1 rings (SSSR count). The topological polar surface area (TPSA) is 110 Å². The van der Waals surface area contributed by atoms with Gasteiger partial charge in [-0.1, -0.05) is 6.92 Å². The fraction of sp³-hybridized carbons (Fsp3) is 0.273. The molecule has 0 fully saturated rings. The van der Waals surface area contributed by atoms with Crippen molar-refractivity contribution in [1.82, 2.24) is 0 Å². The zero-order valence-electron chi connectivity index (χ0n) is 9.21. The number of benzene rings is 1. The molecule has 1 aromatic rings. The quantitative estimate of drug-likeness (QED) is 0.666. The van der Waals surface area contributed by atoms with Crippen molar-refractivity contribution in [2.75, 3.05) is 5.73 Å². The van der Waals surface area contributed by atoms with Crippen LogP contribution in [-0.4, -0.2) is 28.3 Å². The third-order valence-electron chi connectivity index (χ3n) is 2.18. The number of nitrogen functional groups attached to an aromatic ring is 1. The van der Waals surface area contributed by atoms with Gasteiger partial charge < -0.3 is 20.7 Å². The minimum Gasteiger partial charge on any atom is -0.479 e. The number of aromatic carboxylic acids is 1. The van der Waals surface area contributed by atoms with Gasteiger partial charge in [-0.05, 0) is 18.6 Å². The Bertz CT molecular complexity index is 443. The van der Waals surface area contributed by atoms with Crippen LogP contribution >= 0.6 is 0 Å². The van der Waals surface area contributed by atoms with Crippen LogP contribution in [0.1, 0.15) is 23.7 Å². The Labute approximate surface area is 97.6 Å². The molecule has 0 spiro atoms. The average molecular weight is 239 g/mol. The van der Waals surface area contributed by atoms with Crippen LogP contribution in [0.4, 0.5) is 5.69 Å². The normalized spacial score (nSPS) is 11.8. The highest BCUT2D eigenvalue weighted by molar-refractivity contribution is 5.93. The van der Waals surface area contributed by atoms with Crippen molar-refractivity contribution in [3.05, 3.63) is 23.8 Å². The largest absolute Gasteiger partial charge is 0.479 e. The number of hydrogen-bond acceptors (Lipinski definition) is 4. The Morgan fingerprint density at radius 2 is 2.06 bits per heavy atom. The predicted molar refractivity (Wildman–Crippen MR) is 60.2 cm³/mol. The number of carboxylic acids is 2. The maximum Gasteiger partial charge on any atom is 0.344 e. The van der Waals surface area contributed by atoms with E-state index in [4.69, 9.17) is 20.7 Å². The second-order valence-corrected chi connectivity index (χ2v) is 3.41. The van der Waals surface area contributed by atoms with E-state index in [2.05, 4.69) is 0 Å². The monoisotopic (exact) mass is 239 g/mol. The molecular weight excluding hydrogens is 226 g/mol. The van der Waals surface area contributed by atoms with Crippen LogP contribution in [0.3, 0.4) is 0 Å². The molecular formula is C11H13NO5. The van der Waals surface area contributed by atoms with Crippen molar-refractivity contribution in [1.29, 1.82) is 0 Å². The van der Waals surface area contributed by atoms with Crippen molar-refractivity contribution in [3.63, 3.8) is 0 Å². The standard InChI is InChI=1S/C11H13NO5/c1-2-9(11(15)16)17-6-3-4-7(10(13)14)8(12)5-6/h3-5,9H,2,12H2,1H3,(H,13,14)(H,15,16). The molecule has 0 heterocycles. The van der Waals surface area contributed by atoms with E-state index in [1.54, 1.807) is 6.92 Å². The lowest BCUT2D eigenvalue weighted by molar-refractivity contribution is -0.145. The van der Waals surface area contributed by atoms with Gasteiger partial charge in [0.2, 0.25) is 0 Å². The summed E-state index contributed by atoms with van der Waals surface area (Å²) < 4.78 is 5.17. The van der Waals surface area contributed by atoms with Crippen LogP contribution < -0.4 is 10.5 Å². The van der Waals surface area contributed by atoms with Crippen LogP contribution in [0.25, 0.3) is 0 Å². The van der Waals surface area contributed by atoms with Crippen LogP contribution in [0.15, 0.2) is 18.2 Å². The molecule has 0 aromatic heterocycles.